The maximum Gasteiger partial charge on any atom is 0.122 e. The van der Waals surface area contributed by atoms with Gasteiger partial charge >= 0.3 is 0 Å². The summed E-state index contributed by atoms with van der Waals surface area (Å²) in [7, 11) is 0. The van der Waals surface area contributed by atoms with Gasteiger partial charge in [0.15, 0.2) is 0 Å². The third-order valence-corrected chi connectivity index (χ3v) is 5.56. The Morgan fingerprint density at radius 3 is 1.93 bits per heavy atom. The van der Waals surface area contributed by atoms with Gasteiger partial charge in [0.2, 0.25) is 0 Å². The Bertz CT molecular complexity index is 829. The number of aromatic nitrogens is 1. The molecule has 1 atom stereocenters. The van der Waals surface area contributed by atoms with Crippen molar-refractivity contribution in [3.05, 3.63) is 96.3 Å². The van der Waals surface area contributed by atoms with E-state index in [1.54, 1.807) is 24.5 Å². The van der Waals surface area contributed by atoms with Crippen molar-refractivity contribution < 1.29 is 9.84 Å². The molecule has 0 amide bonds. The van der Waals surface area contributed by atoms with Crippen molar-refractivity contribution in [3.63, 3.8) is 0 Å². The number of benzene rings is 2. The third kappa shape index (κ3) is 5.45. The molecule has 1 N–H and O–H groups in total. The summed E-state index contributed by atoms with van der Waals surface area (Å²) in [6, 6.07) is 25.3. The molecule has 1 saturated heterocycles. The minimum atomic E-state index is -0.510. The molecule has 3 aromatic rings. The molecule has 1 aliphatic heterocycles. The highest BCUT2D eigenvalue weighted by molar-refractivity contribution is 5.32. The van der Waals surface area contributed by atoms with Gasteiger partial charge in [-0.25, -0.2) is 0 Å². The van der Waals surface area contributed by atoms with E-state index >= 15 is 0 Å². The van der Waals surface area contributed by atoms with E-state index in [1.807, 2.05) is 0 Å². The first kappa shape index (κ1) is 20.5. The Kier molecular flexibility index (Phi) is 7.08. The van der Waals surface area contributed by atoms with Crippen LogP contribution in [0, 0.1) is 0 Å². The molecule has 4 rings (SSSR count). The van der Waals surface area contributed by atoms with Crippen molar-refractivity contribution >= 4 is 0 Å². The number of hydrogen-bond donors (Lipinski definition) is 1. The van der Waals surface area contributed by atoms with Crippen LogP contribution in [0.5, 0.6) is 5.75 Å². The smallest absolute Gasteiger partial charge is 0.122 e. The molecule has 0 bridgehead atoms. The largest absolute Gasteiger partial charge is 0.491 e. The van der Waals surface area contributed by atoms with Gasteiger partial charge in [-0.15, -0.1) is 0 Å². The highest BCUT2D eigenvalue weighted by Gasteiger charge is 2.27. The lowest BCUT2D eigenvalue weighted by Gasteiger charge is -2.40. The first-order chi connectivity index (χ1) is 14.8. The van der Waals surface area contributed by atoms with Crippen molar-refractivity contribution in [2.75, 3.05) is 39.3 Å². The quantitative estimate of drug-likeness (QED) is 0.626. The van der Waals surface area contributed by atoms with Gasteiger partial charge in [-0.3, -0.25) is 14.8 Å². The maximum atomic E-state index is 10.4. The Morgan fingerprint density at radius 1 is 0.800 bits per heavy atom. The lowest BCUT2D eigenvalue weighted by molar-refractivity contribution is 0.0400. The van der Waals surface area contributed by atoms with Crippen LogP contribution in [0.15, 0.2) is 85.2 Å². The molecule has 1 aromatic heterocycles. The van der Waals surface area contributed by atoms with E-state index in [4.69, 9.17) is 4.74 Å². The molecule has 1 fully saturated rings. The fraction of sp³-hybridized carbons (Fsp3) is 0.320. The third-order valence-electron chi connectivity index (χ3n) is 5.56. The Balaban J connectivity index is 1.33. The first-order valence-electron chi connectivity index (χ1n) is 10.6. The predicted molar refractivity (Wildman–Crippen MR) is 118 cm³/mol. The zero-order valence-electron chi connectivity index (χ0n) is 17.2. The van der Waals surface area contributed by atoms with Crippen LogP contribution in [0.25, 0.3) is 0 Å². The minimum absolute atomic E-state index is 0.259. The predicted octanol–water partition coefficient (Wildman–Crippen LogP) is 3.23. The van der Waals surface area contributed by atoms with E-state index in [0.717, 1.165) is 31.9 Å². The molecular weight excluding hydrogens is 374 g/mol. The van der Waals surface area contributed by atoms with E-state index in [1.165, 1.54) is 11.1 Å². The summed E-state index contributed by atoms with van der Waals surface area (Å²) in [4.78, 5) is 8.84. The highest BCUT2D eigenvalue weighted by Crippen LogP contribution is 2.29. The molecule has 0 saturated carbocycles. The molecule has 2 heterocycles. The van der Waals surface area contributed by atoms with Crippen molar-refractivity contribution in [2.24, 2.45) is 0 Å². The average molecular weight is 404 g/mol. The Labute approximate surface area is 178 Å². The van der Waals surface area contributed by atoms with Crippen LogP contribution in [0.3, 0.4) is 0 Å². The van der Waals surface area contributed by atoms with E-state index in [0.29, 0.717) is 13.2 Å². The summed E-state index contributed by atoms with van der Waals surface area (Å²) in [5.74, 6) is 0.738. The van der Waals surface area contributed by atoms with Gasteiger partial charge in [-0.2, -0.15) is 0 Å². The lowest BCUT2D eigenvalue weighted by atomic mass is 9.96. The van der Waals surface area contributed by atoms with Crippen LogP contribution in [0.2, 0.25) is 0 Å². The van der Waals surface area contributed by atoms with Gasteiger partial charge < -0.3 is 9.84 Å². The summed E-state index contributed by atoms with van der Waals surface area (Å²) in [6.45, 7) is 4.71. The molecule has 0 aliphatic carbocycles. The van der Waals surface area contributed by atoms with Crippen molar-refractivity contribution in [3.8, 4) is 5.75 Å². The number of pyridine rings is 1. The topological polar surface area (TPSA) is 48.8 Å². The molecule has 0 spiro atoms. The number of nitrogens with zero attached hydrogens (tertiary/aromatic N) is 3. The molecule has 2 aromatic carbocycles. The van der Waals surface area contributed by atoms with Crippen LogP contribution in [0.4, 0.5) is 0 Å². The van der Waals surface area contributed by atoms with Gasteiger partial charge in [-0.1, -0.05) is 60.7 Å². The fourth-order valence-electron chi connectivity index (χ4n) is 4.07. The van der Waals surface area contributed by atoms with Gasteiger partial charge in [0.25, 0.3) is 0 Å². The fourth-order valence-corrected chi connectivity index (χ4v) is 4.07. The number of piperazine rings is 1. The lowest BCUT2D eigenvalue weighted by Crippen LogP contribution is -2.50. The van der Waals surface area contributed by atoms with Crippen LogP contribution in [-0.4, -0.2) is 65.3 Å². The molecule has 5 nitrogen and oxygen atoms in total. The molecule has 1 aliphatic rings. The molecule has 156 valence electrons. The molecule has 5 heteroatoms. The van der Waals surface area contributed by atoms with E-state index in [2.05, 4.69) is 75.4 Å². The van der Waals surface area contributed by atoms with E-state index in [-0.39, 0.29) is 6.04 Å². The van der Waals surface area contributed by atoms with E-state index < -0.39 is 6.10 Å². The van der Waals surface area contributed by atoms with Crippen molar-refractivity contribution in [2.45, 2.75) is 12.1 Å². The normalized spacial score (nSPS) is 16.5. The minimum Gasteiger partial charge on any atom is -0.491 e. The summed E-state index contributed by atoms with van der Waals surface area (Å²) in [6.07, 6.45) is 2.87. The molecule has 0 radical (unpaired) electrons. The summed E-state index contributed by atoms with van der Waals surface area (Å²) in [5.41, 5.74) is 2.64. The summed E-state index contributed by atoms with van der Waals surface area (Å²) < 4.78 is 5.66. The van der Waals surface area contributed by atoms with E-state index in [9.17, 15) is 5.11 Å². The zero-order chi connectivity index (χ0) is 20.6. The second kappa shape index (κ2) is 10.3. The van der Waals surface area contributed by atoms with Gasteiger partial charge in [0.1, 0.15) is 18.5 Å². The van der Waals surface area contributed by atoms with Gasteiger partial charge in [0, 0.05) is 45.1 Å². The Hall–Kier alpha value is -2.73. The number of aliphatic hydroxyl groups excluding tert-OH is 1. The first-order valence-corrected chi connectivity index (χ1v) is 10.6. The SMILES string of the molecule is OC(COc1ccncc1)CN1CCN(C(c2ccccc2)c2ccccc2)CC1. The molecule has 30 heavy (non-hydrogen) atoms. The molecular formula is C25H29N3O2. The number of aliphatic hydroxyl groups is 1. The van der Waals surface area contributed by atoms with Crippen LogP contribution in [0.1, 0.15) is 17.2 Å². The number of rotatable bonds is 8. The number of β-amino-alcohol motifs (C(OH)–C–C–N with tert-alkyl or cyclic N) is 1. The maximum absolute atomic E-state index is 10.4. The van der Waals surface area contributed by atoms with Crippen molar-refractivity contribution in [1.29, 1.82) is 0 Å². The van der Waals surface area contributed by atoms with Gasteiger partial charge in [-0.05, 0) is 23.3 Å². The van der Waals surface area contributed by atoms with Crippen LogP contribution in [-0.2, 0) is 0 Å². The van der Waals surface area contributed by atoms with Crippen LogP contribution < -0.4 is 4.74 Å². The Morgan fingerprint density at radius 2 is 1.37 bits per heavy atom. The second-order valence-corrected chi connectivity index (χ2v) is 7.71. The summed E-state index contributed by atoms with van der Waals surface area (Å²) in [5, 5.41) is 10.4. The van der Waals surface area contributed by atoms with Crippen LogP contribution >= 0.6 is 0 Å². The average Bonchev–Trinajstić information content (AvgIpc) is 2.81. The monoisotopic (exact) mass is 403 g/mol. The summed E-state index contributed by atoms with van der Waals surface area (Å²) >= 11 is 0. The van der Waals surface area contributed by atoms with Crippen molar-refractivity contribution in [1.82, 2.24) is 14.8 Å². The number of hydrogen-bond acceptors (Lipinski definition) is 5. The second-order valence-electron chi connectivity index (χ2n) is 7.71. The molecule has 1 unspecified atom stereocenters. The standard InChI is InChI=1S/C25H29N3O2/c29-23(20-30-24-11-13-26-14-12-24)19-27-15-17-28(18-16-27)25(21-7-3-1-4-8-21)22-9-5-2-6-10-22/h1-14,23,25,29H,15-20H2. The van der Waals surface area contributed by atoms with Gasteiger partial charge in [0.05, 0.1) is 6.04 Å². The zero-order valence-corrected chi connectivity index (χ0v) is 17.2. The highest BCUT2D eigenvalue weighted by atomic mass is 16.5. The number of ether oxygens (including phenoxy) is 1.